The largest absolute Gasteiger partial charge is 0.393 e. The Morgan fingerprint density at radius 1 is 0.811 bits per heavy atom. The van der Waals surface area contributed by atoms with Crippen LogP contribution in [0.4, 0.5) is 0 Å². The number of fused-ring (bicyclic) bond motifs is 7. The summed E-state index contributed by atoms with van der Waals surface area (Å²) >= 11 is 0. The Balaban J connectivity index is 1.13. The van der Waals surface area contributed by atoms with Crippen LogP contribution in [0.15, 0.2) is 64.8 Å². The van der Waals surface area contributed by atoms with Crippen molar-refractivity contribution in [3.8, 4) is 0 Å². The number of nitrogens with zero attached hydrogens (tertiary/aromatic N) is 2. The van der Waals surface area contributed by atoms with Gasteiger partial charge in [0, 0.05) is 11.3 Å². The normalized spacial score (nSPS) is 38.7. The molecule has 0 aliphatic heterocycles. The molecule has 0 bridgehead atoms. The first kappa shape index (κ1) is 23.6. The predicted octanol–water partition coefficient (Wildman–Crippen LogP) is 8.17. The SMILES string of the molecule is CC12CCC3C(CCC4C/C(=N/N=C/c5c6ccccc6cc6ccccc56)CCC43C)C1CCC2O. The molecule has 3 aromatic rings. The van der Waals surface area contributed by atoms with Crippen LogP contribution < -0.4 is 0 Å². The molecule has 0 heterocycles. The Morgan fingerprint density at radius 2 is 1.51 bits per heavy atom. The van der Waals surface area contributed by atoms with Crippen molar-refractivity contribution >= 4 is 33.5 Å². The predicted molar refractivity (Wildman–Crippen MR) is 154 cm³/mol. The summed E-state index contributed by atoms with van der Waals surface area (Å²) in [5.41, 5.74) is 3.06. The number of hydrogen-bond acceptors (Lipinski definition) is 3. The zero-order chi connectivity index (χ0) is 25.2. The van der Waals surface area contributed by atoms with Gasteiger partial charge in [0.05, 0.1) is 12.3 Å². The molecule has 3 nitrogen and oxygen atoms in total. The average Bonchev–Trinajstić information content (AvgIpc) is 3.22. The Morgan fingerprint density at radius 3 is 2.27 bits per heavy atom. The van der Waals surface area contributed by atoms with Crippen LogP contribution in [0, 0.1) is 34.5 Å². The number of rotatable bonds is 2. The van der Waals surface area contributed by atoms with Crippen molar-refractivity contribution in [3.05, 3.63) is 60.2 Å². The minimum Gasteiger partial charge on any atom is -0.393 e. The summed E-state index contributed by atoms with van der Waals surface area (Å²) in [7, 11) is 0. The van der Waals surface area contributed by atoms with Gasteiger partial charge in [-0.2, -0.15) is 10.2 Å². The van der Waals surface area contributed by atoms with E-state index < -0.39 is 0 Å². The number of hydrogen-bond donors (Lipinski definition) is 1. The lowest BCUT2D eigenvalue weighted by molar-refractivity contribution is -0.112. The maximum Gasteiger partial charge on any atom is 0.0596 e. The number of aliphatic hydroxyl groups excluding tert-OH is 1. The van der Waals surface area contributed by atoms with Crippen LogP contribution in [0.2, 0.25) is 0 Å². The summed E-state index contributed by atoms with van der Waals surface area (Å²) < 4.78 is 0. The number of benzene rings is 3. The minimum atomic E-state index is -0.0780. The molecular weight excluding hydrogens is 452 g/mol. The molecule has 4 aliphatic rings. The summed E-state index contributed by atoms with van der Waals surface area (Å²) in [4.78, 5) is 0. The van der Waals surface area contributed by atoms with Crippen LogP contribution >= 0.6 is 0 Å². The third-order valence-electron chi connectivity index (χ3n) is 11.6. The zero-order valence-electron chi connectivity index (χ0n) is 22.4. The fourth-order valence-electron chi connectivity index (χ4n) is 9.48. The average molecular weight is 493 g/mol. The summed E-state index contributed by atoms with van der Waals surface area (Å²) in [5, 5.41) is 25.3. The molecule has 3 heteroatoms. The Kier molecular flexibility index (Phi) is 5.59. The second kappa shape index (κ2) is 8.76. The minimum absolute atomic E-state index is 0.0780. The van der Waals surface area contributed by atoms with Crippen LogP contribution in [-0.4, -0.2) is 23.1 Å². The molecule has 192 valence electrons. The highest BCUT2D eigenvalue weighted by Gasteiger charge is 2.59. The number of aliphatic hydroxyl groups is 1. The van der Waals surface area contributed by atoms with Crippen molar-refractivity contribution in [1.29, 1.82) is 0 Å². The summed E-state index contributed by atoms with van der Waals surface area (Å²) in [6.45, 7) is 4.99. The molecule has 7 atom stereocenters. The van der Waals surface area contributed by atoms with E-state index in [0.29, 0.717) is 5.41 Å². The molecule has 1 N–H and O–H groups in total. The van der Waals surface area contributed by atoms with Crippen LogP contribution in [0.1, 0.15) is 77.2 Å². The van der Waals surface area contributed by atoms with Crippen LogP contribution in [0.5, 0.6) is 0 Å². The molecule has 4 aliphatic carbocycles. The van der Waals surface area contributed by atoms with E-state index in [9.17, 15) is 5.11 Å². The van der Waals surface area contributed by atoms with Gasteiger partial charge in [0.25, 0.3) is 0 Å². The summed E-state index contributed by atoms with van der Waals surface area (Å²) in [5.74, 6) is 3.09. The fourth-order valence-corrected chi connectivity index (χ4v) is 9.48. The Labute approximate surface area is 221 Å². The molecule has 4 fully saturated rings. The first-order valence-electron chi connectivity index (χ1n) is 14.6. The van der Waals surface area contributed by atoms with Gasteiger partial charge in [-0.25, -0.2) is 0 Å². The van der Waals surface area contributed by atoms with Gasteiger partial charge >= 0.3 is 0 Å². The molecule has 7 unspecified atom stereocenters. The summed E-state index contributed by atoms with van der Waals surface area (Å²) in [6.07, 6.45) is 12.8. The van der Waals surface area contributed by atoms with Crippen LogP contribution in [-0.2, 0) is 0 Å². The first-order valence-corrected chi connectivity index (χ1v) is 14.6. The molecule has 3 aromatic carbocycles. The molecule has 0 spiro atoms. The van der Waals surface area contributed by atoms with E-state index in [2.05, 4.69) is 68.4 Å². The molecule has 4 saturated carbocycles. The van der Waals surface area contributed by atoms with Gasteiger partial charge in [-0.3, -0.25) is 0 Å². The highest BCUT2D eigenvalue weighted by atomic mass is 16.3. The quantitative estimate of drug-likeness (QED) is 0.219. The molecule has 37 heavy (non-hydrogen) atoms. The van der Waals surface area contributed by atoms with Gasteiger partial charge in [-0.15, -0.1) is 0 Å². The second-order valence-corrected chi connectivity index (χ2v) is 13.1. The molecule has 0 amide bonds. The smallest absolute Gasteiger partial charge is 0.0596 e. The van der Waals surface area contributed by atoms with Crippen molar-refractivity contribution in [2.24, 2.45) is 44.7 Å². The van der Waals surface area contributed by atoms with Gasteiger partial charge in [0.2, 0.25) is 0 Å². The lowest BCUT2D eigenvalue weighted by Gasteiger charge is -2.60. The maximum atomic E-state index is 10.8. The van der Waals surface area contributed by atoms with Crippen molar-refractivity contribution in [3.63, 3.8) is 0 Å². The van der Waals surface area contributed by atoms with E-state index in [1.165, 1.54) is 71.3 Å². The van der Waals surface area contributed by atoms with Gasteiger partial charge < -0.3 is 5.11 Å². The maximum absolute atomic E-state index is 10.8. The monoisotopic (exact) mass is 492 g/mol. The van der Waals surface area contributed by atoms with Crippen molar-refractivity contribution in [2.45, 2.75) is 77.7 Å². The molecule has 0 saturated heterocycles. The lowest BCUT2D eigenvalue weighted by atomic mass is 9.45. The third-order valence-corrected chi connectivity index (χ3v) is 11.6. The van der Waals surface area contributed by atoms with Crippen molar-refractivity contribution < 1.29 is 5.11 Å². The highest BCUT2D eigenvalue weighted by Crippen LogP contribution is 2.66. The molecule has 7 rings (SSSR count). The van der Waals surface area contributed by atoms with E-state index in [1.807, 2.05) is 6.21 Å². The highest BCUT2D eigenvalue weighted by molar-refractivity contribution is 6.13. The van der Waals surface area contributed by atoms with Gasteiger partial charge in [0.15, 0.2) is 0 Å². The van der Waals surface area contributed by atoms with E-state index >= 15 is 0 Å². The van der Waals surface area contributed by atoms with Crippen LogP contribution in [0.25, 0.3) is 21.5 Å². The van der Waals surface area contributed by atoms with E-state index in [0.717, 1.165) is 42.9 Å². The third kappa shape index (κ3) is 3.64. The molecular formula is C34H40N2O. The van der Waals surface area contributed by atoms with Gasteiger partial charge in [0.1, 0.15) is 0 Å². The topological polar surface area (TPSA) is 45.0 Å². The van der Waals surface area contributed by atoms with Gasteiger partial charge in [-0.05, 0) is 120 Å². The molecule has 0 aromatic heterocycles. The van der Waals surface area contributed by atoms with E-state index in [-0.39, 0.29) is 11.5 Å². The second-order valence-electron chi connectivity index (χ2n) is 13.1. The standard InChI is InChI=1S/C34H40N2O/c1-33-17-15-25(20-24(33)11-12-28-30-13-14-32(37)34(30,2)18-16-31(28)33)36-35-21-29-26-9-5-3-7-22(26)19-23-8-4-6-10-27(23)29/h3-10,19,21,24,28,30-32,37H,11-18,20H2,1-2H3/b35-21+,36-25+. The van der Waals surface area contributed by atoms with E-state index in [1.54, 1.807) is 0 Å². The lowest BCUT2D eigenvalue weighted by Crippen LogP contribution is -2.54. The first-order chi connectivity index (χ1) is 18.0. The van der Waals surface area contributed by atoms with Crippen molar-refractivity contribution in [1.82, 2.24) is 0 Å². The molecule has 0 radical (unpaired) electrons. The van der Waals surface area contributed by atoms with Gasteiger partial charge in [-0.1, -0.05) is 62.4 Å². The van der Waals surface area contributed by atoms with Crippen LogP contribution in [0.3, 0.4) is 0 Å². The van der Waals surface area contributed by atoms with E-state index in [4.69, 9.17) is 10.2 Å². The zero-order valence-corrected chi connectivity index (χ0v) is 22.4. The Bertz CT molecular complexity index is 1350. The summed E-state index contributed by atoms with van der Waals surface area (Å²) in [6, 6.07) is 19.5. The Hall–Kier alpha value is -2.52. The fraction of sp³-hybridized carbons (Fsp3) is 0.529. The van der Waals surface area contributed by atoms with Crippen molar-refractivity contribution in [2.75, 3.05) is 0 Å².